The van der Waals surface area contributed by atoms with Gasteiger partial charge in [-0.1, -0.05) is 63.6 Å². The van der Waals surface area contributed by atoms with Crippen LogP contribution in [0.4, 0.5) is 0 Å². The summed E-state index contributed by atoms with van der Waals surface area (Å²) in [6, 6.07) is 0. The Hall–Kier alpha value is -0.370. The lowest BCUT2D eigenvalue weighted by Gasteiger charge is -2.33. The van der Waals surface area contributed by atoms with Gasteiger partial charge in [-0.05, 0) is 18.2 Å². The third-order valence-electron chi connectivity index (χ3n) is 4.13. The molecule has 96 valence electrons. The molecular formula is C15H25NS. The molecule has 0 spiro atoms. The summed E-state index contributed by atoms with van der Waals surface area (Å²) in [5, 5.41) is 5.44. The minimum absolute atomic E-state index is 0.416. The normalized spacial score (nSPS) is 25.8. The highest BCUT2D eigenvalue weighted by atomic mass is 32.2. The Kier molecular flexibility index (Phi) is 5.02. The molecule has 1 nitrogen and oxygen atoms in total. The van der Waals surface area contributed by atoms with E-state index >= 15 is 0 Å². The molecule has 1 saturated carbocycles. The molecule has 0 saturated heterocycles. The van der Waals surface area contributed by atoms with Gasteiger partial charge in [0.15, 0.2) is 0 Å². The monoisotopic (exact) mass is 251 g/mol. The minimum Gasteiger partial charge on any atom is -0.366 e. The lowest BCUT2D eigenvalue weighted by Crippen LogP contribution is -2.21. The van der Waals surface area contributed by atoms with E-state index in [1.54, 1.807) is 4.91 Å². The molecule has 0 radical (unpaired) electrons. The van der Waals surface area contributed by atoms with Crippen LogP contribution in [0.5, 0.6) is 0 Å². The second-order valence-electron chi connectivity index (χ2n) is 5.63. The van der Waals surface area contributed by atoms with E-state index < -0.39 is 0 Å². The van der Waals surface area contributed by atoms with Crippen LogP contribution in [0.25, 0.3) is 0 Å². The summed E-state index contributed by atoms with van der Waals surface area (Å²) < 4.78 is 0. The van der Waals surface area contributed by atoms with Gasteiger partial charge in [-0.25, -0.2) is 0 Å². The lowest BCUT2D eigenvalue weighted by molar-refractivity contribution is 0.312. The third-order valence-corrected chi connectivity index (χ3v) is 5.26. The molecule has 1 fully saturated rings. The third kappa shape index (κ3) is 3.80. The molecule has 0 aromatic rings. The van der Waals surface area contributed by atoms with Crippen LogP contribution < -0.4 is 5.32 Å². The van der Waals surface area contributed by atoms with Gasteiger partial charge in [-0.3, -0.25) is 0 Å². The Labute approximate surface area is 110 Å². The number of allylic oxidation sites excluding steroid dienone is 1. The molecule has 0 amide bonds. The largest absolute Gasteiger partial charge is 0.366 e. The smallest absolute Gasteiger partial charge is 0.0111 e. The van der Waals surface area contributed by atoms with Crippen molar-refractivity contribution in [2.75, 3.05) is 0 Å². The first-order valence-corrected chi connectivity index (χ1v) is 7.98. The molecule has 0 bridgehead atoms. The summed E-state index contributed by atoms with van der Waals surface area (Å²) in [6.45, 7) is 2.47. The quantitative estimate of drug-likeness (QED) is 0.690. The van der Waals surface area contributed by atoms with Gasteiger partial charge in [0.25, 0.3) is 0 Å². The zero-order chi connectivity index (χ0) is 12.0. The maximum Gasteiger partial charge on any atom is 0.0111 e. The molecule has 0 aromatic carbocycles. The highest BCUT2D eigenvalue weighted by Gasteiger charge is 2.29. The molecule has 2 rings (SSSR count). The molecule has 1 N–H and O–H groups in total. The molecule has 1 heterocycles. The van der Waals surface area contributed by atoms with Crippen molar-refractivity contribution < 1.29 is 0 Å². The van der Waals surface area contributed by atoms with Gasteiger partial charge in [-0.2, -0.15) is 0 Å². The fourth-order valence-electron chi connectivity index (χ4n) is 2.91. The summed E-state index contributed by atoms with van der Waals surface area (Å²) in [5.74, 6) is 0. The number of hydrogen-bond donors (Lipinski definition) is 1. The average Bonchev–Trinajstić information content (AvgIpc) is 2.38. The molecule has 2 heteroatoms. The van der Waals surface area contributed by atoms with E-state index in [0.29, 0.717) is 5.41 Å². The molecule has 2 aliphatic rings. The van der Waals surface area contributed by atoms with E-state index in [0.717, 1.165) is 0 Å². The van der Waals surface area contributed by atoms with Gasteiger partial charge >= 0.3 is 0 Å². The Morgan fingerprint density at radius 2 is 1.59 bits per heavy atom. The molecule has 0 aromatic heterocycles. The predicted octanol–water partition coefficient (Wildman–Crippen LogP) is 5.17. The Bertz CT molecular complexity index is 283. The van der Waals surface area contributed by atoms with E-state index in [1.165, 1.54) is 57.8 Å². The first kappa shape index (κ1) is 13.1. The van der Waals surface area contributed by atoms with E-state index in [-0.39, 0.29) is 0 Å². The van der Waals surface area contributed by atoms with Crippen LogP contribution in [0.1, 0.15) is 64.7 Å². The summed E-state index contributed by atoms with van der Waals surface area (Å²) in [7, 11) is 0. The summed E-state index contributed by atoms with van der Waals surface area (Å²) in [5.41, 5.74) is 0.416. The van der Waals surface area contributed by atoms with Gasteiger partial charge in [0, 0.05) is 22.7 Å². The molecule has 0 unspecified atom stereocenters. The highest BCUT2D eigenvalue weighted by molar-refractivity contribution is 8.05. The average molecular weight is 251 g/mol. The van der Waals surface area contributed by atoms with E-state index in [4.69, 9.17) is 0 Å². The fourth-order valence-corrected chi connectivity index (χ4v) is 3.82. The van der Waals surface area contributed by atoms with Crippen molar-refractivity contribution in [3.63, 3.8) is 0 Å². The Balaban J connectivity index is 1.99. The Morgan fingerprint density at radius 1 is 1.00 bits per heavy atom. The van der Waals surface area contributed by atoms with Crippen LogP contribution in [-0.4, -0.2) is 0 Å². The van der Waals surface area contributed by atoms with Gasteiger partial charge in [0.05, 0.1) is 0 Å². The Morgan fingerprint density at radius 3 is 2.12 bits per heavy atom. The SMILES string of the molecule is CC1(C2=CNC=CS2)CCCCCCCCC1. The van der Waals surface area contributed by atoms with Crippen LogP contribution in [0.3, 0.4) is 0 Å². The first-order chi connectivity index (χ1) is 8.31. The van der Waals surface area contributed by atoms with Crippen molar-refractivity contribution >= 4 is 11.8 Å². The van der Waals surface area contributed by atoms with Crippen LogP contribution in [-0.2, 0) is 0 Å². The van der Waals surface area contributed by atoms with Crippen molar-refractivity contribution in [3.05, 3.63) is 22.7 Å². The van der Waals surface area contributed by atoms with Crippen molar-refractivity contribution in [3.8, 4) is 0 Å². The molecule has 1 aliphatic carbocycles. The molecule has 1 aliphatic heterocycles. The molecular weight excluding hydrogens is 226 g/mol. The second kappa shape index (κ2) is 6.53. The van der Waals surface area contributed by atoms with Crippen LogP contribution in [0.15, 0.2) is 22.7 Å². The van der Waals surface area contributed by atoms with Crippen molar-refractivity contribution in [2.24, 2.45) is 5.41 Å². The van der Waals surface area contributed by atoms with Crippen molar-refractivity contribution in [2.45, 2.75) is 64.7 Å². The fraction of sp³-hybridized carbons (Fsp3) is 0.733. The van der Waals surface area contributed by atoms with E-state index in [9.17, 15) is 0 Å². The van der Waals surface area contributed by atoms with Gasteiger partial charge < -0.3 is 5.32 Å². The number of hydrogen-bond acceptors (Lipinski definition) is 2. The van der Waals surface area contributed by atoms with Gasteiger partial charge in [0.1, 0.15) is 0 Å². The lowest BCUT2D eigenvalue weighted by atomic mass is 9.78. The van der Waals surface area contributed by atoms with Crippen molar-refractivity contribution in [1.82, 2.24) is 5.32 Å². The van der Waals surface area contributed by atoms with Crippen LogP contribution in [0, 0.1) is 5.41 Å². The zero-order valence-electron chi connectivity index (χ0n) is 11.0. The van der Waals surface area contributed by atoms with Crippen LogP contribution in [0.2, 0.25) is 0 Å². The minimum atomic E-state index is 0.416. The summed E-state index contributed by atoms with van der Waals surface area (Å²) in [6.07, 6.45) is 17.0. The molecule has 17 heavy (non-hydrogen) atoms. The van der Waals surface area contributed by atoms with Gasteiger partial charge in [-0.15, -0.1) is 0 Å². The predicted molar refractivity (Wildman–Crippen MR) is 77.6 cm³/mol. The number of rotatable bonds is 1. The second-order valence-corrected chi connectivity index (χ2v) is 6.58. The highest BCUT2D eigenvalue weighted by Crippen LogP contribution is 2.45. The zero-order valence-corrected chi connectivity index (χ0v) is 11.8. The summed E-state index contributed by atoms with van der Waals surface area (Å²) >= 11 is 1.91. The van der Waals surface area contributed by atoms with E-state index in [1.807, 2.05) is 18.0 Å². The number of thioether (sulfide) groups is 1. The van der Waals surface area contributed by atoms with Crippen LogP contribution >= 0.6 is 11.8 Å². The maximum absolute atomic E-state index is 3.26. The number of nitrogens with one attached hydrogen (secondary N) is 1. The van der Waals surface area contributed by atoms with Crippen molar-refractivity contribution in [1.29, 1.82) is 0 Å². The van der Waals surface area contributed by atoms with E-state index in [2.05, 4.69) is 23.8 Å². The standard InChI is InChI=1S/C15H25NS/c1-15(14-13-16-11-12-17-14)9-7-5-3-2-4-6-8-10-15/h11-13,16H,2-10H2,1H3. The topological polar surface area (TPSA) is 12.0 Å². The first-order valence-electron chi connectivity index (χ1n) is 7.10. The van der Waals surface area contributed by atoms with Gasteiger partial charge in [0.2, 0.25) is 0 Å². The maximum atomic E-state index is 3.26. The summed E-state index contributed by atoms with van der Waals surface area (Å²) in [4.78, 5) is 1.54. The molecule has 0 atom stereocenters.